The van der Waals surface area contributed by atoms with Gasteiger partial charge in [0.2, 0.25) is 5.91 Å². The second-order valence-corrected chi connectivity index (χ2v) is 3.34. The van der Waals surface area contributed by atoms with Crippen molar-refractivity contribution in [1.82, 2.24) is 14.9 Å². The molecule has 5 heteroatoms. The molecule has 0 fully saturated rings. The summed E-state index contributed by atoms with van der Waals surface area (Å²) in [6.45, 7) is 4.28. The second kappa shape index (κ2) is 3.25. The van der Waals surface area contributed by atoms with E-state index < -0.39 is 0 Å². The fourth-order valence-corrected chi connectivity index (χ4v) is 1.38. The molecule has 74 valence electrons. The van der Waals surface area contributed by atoms with Gasteiger partial charge in [-0.2, -0.15) is 0 Å². The van der Waals surface area contributed by atoms with E-state index in [9.17, 15) is 4.79 Å². The molecule has 0 aliphatic carbocycles. The molecule has 0 spiro atoms. The summed E-state index contributed by atoms with van der Waals surface area (Å²) in [5.41, 5.74) is 0. The van der Waals surface area contributed by atoms with E-state index in [0.29, 0.717) is 12.4 Å². The second-order valence-electron chi connectivity index (χ2n) is 3.34. The van der Waals surface area contributed by atoms with Crippen molar-refractivity contribution >= 4 is 11.7 Å². The zero-order chi connectivity index (χ0) is 10.1. The van der Waals surface area contributed by atoms with Crippen molar-refractivity contribution in [2.24, 2.45) is 4.99 Å². The van der Waals surface area contributed by atoms with Gasteiger partial charge in [-0.25, -0.2) is 4.98 Å². The van der Waals surface area contributed by atoms with Gasteiger partial charge in [0.05, 0.1) is 6.54 Å². The number of hydrogen-bond donors (Lipinski definition) is 1. The lowest BCUT2D eigenvalue weighted by Gasteiger charge is -2.03. The van der Waals surface area contributed by atoms with Crippen LogP contribution in [0.2, 0.25) is 0 Å². The van der Waals surface area contributed by atoms with Gasteiger partial charge >= 0.3 is 0 Å². The van der Waals surface area contributed by atoms with Crippen LogP contribution < -0.4 is 5.32 Å². The number of aliphatic imine (C=N–C) groups is 1. The minimum atomic E-state index is -0.256. The first-order chi connectivity index (χ1) is 6.66. The van der Waals surface area contributed by atoms with E-state index in [4.69, 9.17) is 0 Å². The molecule has 0 saturated heterocycles. The van der Waals surface area contributed by atoms with Crippen molar-refractivity contribution in [2.45, 2.75) is 26.4 Å². The highest BCUT2D eigenvalue weighted by atomic mass is 16.2. The number of amidine groups is 1. The van der Waals surface area contributed by atoms with Crippen LogP contribution in [0.5, 0.6) is 0 Å². The Morgan fingerprint density at radius 3 is 2.93 bits per heavy atom. The molecular formula is C9H12N4O. The number of rotatable bonds is 2. The maximum absolute atomic E-state index is 11.1. The van der Waals surface area contributed by atoms with Crippen molar-refractivity contribution in [3.05, 3.63) is 18.2 Å². The van der Waals surface area contributed by atoms with E-state index in [1.807, 2.05) is 17.7 Å². The Morgan fingerprint density at radius 1 is 1.64 bits per heavy atom. The lowest BCUT2D eigenvalue weighted by molar-refractivity contribution is -0.119. The van der Waals surface area contributed by atoms with Crippen LogP contribution in [0.3, 0.4) is 0 Å². The number of carbonyl (C=O) groups is 1. The molecule has 1 atom stereocenters. The molecule has 2 rings (SSSR count). The molecule has 1 aromatic rings. The van der Waals surface area contributed by atoms with Crippen molar-refractivity contribution in [2.75, 3.05) is 0 Å². The molecule has 1 N–H and O–H groups in total. The summed E-state index contributed by atoms with van der Waals surface area (Å²) in [5.74, 6) is 1.60. The van der Waals surface area contributed by atoms with Gasteiger partial charge in [-0.1, -0.05) is 0 Å². The van der Waals surface area contributed by atoms with Crippen LogP contribution in [0, 0.1) is 6.92 Å². The molecule has 2 heterocycles. The SMILES string of the molecule is Cc1nccn1CC1=NC(C)C(=O)N1. The lowest BCUT2D eigenvalue weighted by Crippen LogP contribution is -2.30. The molecule has 1 aromatic heterocycles. The average molecular weight is 192 g/mol. The van der Waals surface area contributed by atoms with Crippen LogP contribution in [-0.4, -0.2) is 27.3 Å². The Hall–Kier alpha value is -1.65. The molecule has 1 aliphatic rings. The molecule has 0 saturated carbocycles. The van der Waals surface area contributed by atoms with Crippen LogP contribution in [0.4, 0.5) is 0 Å². The van der Waals surface area contributed by atoms with Gasteiger partial charge in [0.25, 0.3) is 0 Å². The predicted molar refractivity (Wildman–Crippen MR) is 52.0 cm³/mol. The minimum absolute atomic E-state index is 0.0298. The fourth-order valence-electron chi connectivity index (χ4n) is 1.38. The third-order valence-corrected chi connectivity index (χ3v) is 2.24. The Morgan fingerprint density at radius 2 is 2.43 bits per heavy atom. The molecule has 0 radical (unpaired) electrons. The third-order valence-electron chi connectivity index (χ3n) is 2.24. The van der Waals surface area contributed by atoms with E-state index in [2.05, 4.69) is 15.3 Å². The Bertz CT molecular complexity index is 393. The average Bonchev–Trinajstić information content (AvgIpc) is 2.63. The number of carbonyl (C=O) groups excluding carboxylic acids is 1. The molecule has 0 aromatic carbocycles. The molecule has 1 aliphatic heterocycles. The smallest absolute Gasteiger partial charge is 0.249 e. The Balaban J connectivity index is 2.10. The van der Waals surface area contributed by atoms with Crippen molar-refractivity contribution in [3.63, 3.8) is 0 Å². The maximum Gasteiger partial charge on any atom is 0.249 e. The van der Waals surface area contributed by atoms with Gasteiger partial charge in [0.15, 0.2) is 0 Å². The molecule has 5 nitrogen and oxygen atoms in total. The zero-order valence-electron chi connectivity index (χ0n) is 8.19. The van der Waals surface area contributed by atoms with Crippen LogP contribution in [0.15, 0.2) is 17.4 Å². The number of aryl methyl sites for hydroxylation is 1. The van der Waals surface area contributed by atoms with Crippen molar-refractivity contribution in [3.8, 4) is 0 Å². The van der Waals surface area contributed by atoms with Crippen molar-refractivity contribution in [1.29, 1.82) is 0 Å². The minimum Gasteiger partial charge on any atom is -0.328 e. The predicted octanol–water partition coefficient (Wildman–Crippen LogP) is 0.108. The summed E-state index contributed by atoms with van der Waals surface area (Å²) in [4.78, 5) is 19.4. The summed E-state index contributed by atoms with van der Waals surface area (Å²) < 4.78 is 1.94. The summed E-state index contributed by atoms with van der Waals surface area (Å²) in [6.07, 6.45) is 3.60. The Kier molecular flexibility index (Phi) is 2.07. The maximum atomic E-state index is 11.1. The lowest BCUT2D eigenvalue weighted by atomic mass is 10.4. The zero-order valence-corrected chi connectivity index (χ0v) is 8.19. The topological polar surface area (TPSA) is 59.3 Å². The van der Waals surface area contributed by atoms with E-state index in [-0.39, 0.29) is 11.9 Å². The van der Waals surface area contributed by atoms with Gasteiger partial charge in [0, 0.05) is 12.4 Å². The fraction of sp³-hybridized carbons (Fsp3) is 0.444. The number of nitrogens with one attached hydrogen (secondary N) is 1. The highest BCUT2D eigenvalue weighted by molar-refractivity contribution is 6.05. The highest BCUT2D eigenvalue weighted by Gasteiger charge is 2.21. The Labute approximate surface area is 81.9 Å². The van der Waals surface area contributed by atoms with Crippen molar-refractivity contribution < 1.29 is 4.79 Å². The first-order valence-electron chi connectivity index (χ1n) is 4.52. The molecule has 1 unspecified atom stereocenters. The van der Waals surface area contributed by atoms with Crippen LogP contribution in [0.1, 0.15) is 12.7 Å². The molecule has 14 heavy (non-hydrogen) atoms. The third kappa shape index (κ3) is 1.53. The van der Waals surface area contributed by atoms with Crippen LogP contribution in [0.25, 0.3) is 0 Å². The summed E-state index contributed by atoms with van der Waals surface area (Å²) in [7, 11) is 0. The summed E-state index contributed by atoms with van der Waals surface area (Å²) >= 11 is 0. The summed E-state index contributed by atoms with van der Waals surface area (Å²) in [6, 6.07) is -0.256. The van der Waals surface area contributed by atoms with Gasteiger partial charge in [-0.15, -0.1) is 0 Å². The molecular weight excluding hydrogens is 180 g/mol. The van der Waals surface area contributed by atoms with Gasteiger partial charge in [-0.3, -0.25) is 9.79 Å². The van der Waals surface area contributed by atoms with E-state index >= 15 is 0 Å². The normalized spacial score (nSPS) is 20.9. The van der Waals surface area contributed by atoms with E-state index in [0.717, 1.165) is 5.82 Å². The molecule has 1 amide bonds. The summed E-state index contributed by atoms with van der Waals surface area (Å²) in [5, 5.41) is 2.73. The monoisotopic (exact) mass is 192 g/mol. The highest BCUT2D eigenvalue weighted by Crippen LogP contribution is 2.02. The van der Waals surface area contributed by atoms with E-state index in [1.165, 1.54) is 0 Å². The standard InChI is InChI=1S/C9H12N4O/c1-6-9(14)12-8(11-6)5-13-4-3-10-7(13)2/h3-4,6H,5H2,1-2H3,(H,11,12,14). The first kappa shape index (κ1) is 8.93. The van der Waals surface area contributed by atoms with Gasteiger partial charge < -0.3 is 9.88 Å². The van der Waals surface area contributed by atoms with Crippen LogP contribution >= 0.6 is 0 Å². The number of amides is 1. The van der Waals surface area contributed by atoms with Crippen LogP contribution in [-0.2, 0) is 11.3 Å². The number of hydrogen-bond acceptors (Lipinski definition) is 3. The number of imidazole rings is 1. The van der Waals surface area contributed by atoms with Gasteiger partial charge in [-0.05, 0) is 13.8 Å². The van der Waals surface area contributed by atoms with Gasteiger partial charge in [0.1, 0.15) is 17.7 Å². The number of aromatic nitrogens is 2. The largest absolute Gasteiger partial charge is 0.328 e. The quantitative estimate of drug-likeness (QED) is 0.723. The number of nitrogens with zero attached hydrogens (tertiary/aromatic N) is 3. The molecule has 0 bridgehead atoms. The first-order valence-corrected chi connectivity index (χ1v) is 4.52. The van der Waals surface area contributed by atoms with E-state index in [1.54, 1.807) is 13.1 Å².